The Morgan fingerprint density at radius 2 is 2.00 bits per heavy atom. The van der Waals surface area contributed by atoms with Crippen LogP contribution in [0.2, 0.25) is 0 Å². The van der Waals surface area contributed by atoms with E-state index in [-0.39, 0.29) is 0 Å². The van der Waals surface area contributed by atoms with Crippen LogP contribution in [0.5, 0.6) is 0 Å². The minimum atomic E-state index is -0.439. The lowest BCUT2D eigenvalue weighted by atomic mass is 10.1. The van der Waals surface area contributed by atoms with Crippen molar-refractivity contribution in [2.24, 2.45) is 0 Å². The summed E-state index contributed by atoms with van der Waals surface area (Å²) in [6.07, 6.45) is -0.439. The first-order valence-electron chi connectivity index (χ1n) is 6.24. The van der Waals surface area contributed by atoms with E-state index in [9.17, 15) is 5.11 Å². The van der Waals surface area contributed by atoms with E-state index in [1.54, 1.807) is 18.3 Å². The van der Waals surface area contributed by atoms with Crippen LogP contribution in [0.4, 0.5) is 5.69 Å². The van der Waals surface area contributed by atoms with Crippen molar-refractivity contribution in [3.05, 3.63) is 50.6 Å². The van der Waals surface area contributed by atoms with Crippen LogP contribution >= 0.6 is 27.3 Å². The predicted molar refractivity (Wildman–Crippen MR) is 85.9 cm³/mol. The van der Waals surface area contributed by atoms with Gasteiger partial charge in [0.05, 0.1) is 17.8 Å². The minimum absolute atomic E-state index is 0.327. The van der Waals surface area contributed by atoms with Crippen molar-refractivity contribution in [3.63, 3.8) is 0 Å². The summed E-state index contributed by atoms with van der Waals surface area (Å²) < 4.78 is 1.01. The Morgan fingerprint density at radius 3 is 2.53 bits per heavy atom. The van der Waals surface area contributed by atoms with Crippen LogP contribution in [0.15, 0.2) is 40.2 Å². The van der Waals surface area contributed by atoms with Gasteiger partial charge in [0, 0.05) is 16.4 Å². The molecule has 1 aromatic heterocycles. The number of hydrogen-bond acceptors (Lipinski definition) is 3. The standard InChI is InChI=1S/C15H18BrNOS/c1-10(15-5-4-8-19-15)17(3)14-7-6-12(11(2)18)9-13(14)16/h4-11,18H,1-3H3/t10?,11-/m0/s1. The van der Waals surface area contributed by atoms with Gasteiger partial charge in [0.1, 0.15) is 0 Å². The molecular formula is C15H18BrNOS. The van der Waals surface area contributed by atoms with Gasteiger partial charge in [-0.05, 0) is 58.9 Å². The third-order valence-corrected chi connectivity index (χ3v) is 5.05. The van der Waals surface area contributed by atoms with Crippen molar-refractivity contribution >= 4 is 33.0 Å². The molecule has 1 heterocycles. The maximum absolute atomic E-state index is 9.60. The molecule has 0 amide bonds. The van der Waals surface area contributed by atoms with E-state index in [0.29, 0.717) is 6.04 Å². The Labute approximate surface area is 126 Å². The molecular weight excluding hydrogens is 322 g/mol. The number of aliphatic hydroxyl groups is 1. The van der Waals surface area contributed by atoms with Gasteiger partial charge in [0.15, 0.2) is 0 Å². The SMILES string of the molecule is CC(c1cccs1)N(C)c1ccc([C@H](C)O)cc1Br. The fourth-order valence-corrected chi connectivity index (χ4v) is 3.50. The van der Waals surface area contributed by atoms with E-state index < -0.39 is 6.10 Å². The third kappa shape index (κ3) is 3.19. The molecule has 19 heavy (non-hydrogen) atoms. The van der Waals surface area contributed by atoms with Crippen molar-refractivity contribution in [2.45, 2.75) is 26.0 Å². The minimum Gasteiger partial charge on any atom is -0.389 e. The first kappa shape index (κ1) is 14.6. The van der Waals surface area contributed by atoms with Gasteiger partial charge in [-0.3, -0.25) is 0 Å². The smallest absolute Gasteiger partial charge is 0.0762 e. The molecule has 0 aliphatic carbocycles. The molecule has 1 aromatic carbocycles. The van der Waals surface area contributed by atoms with Crippen LogP contribution in [0.1, 0.15) is 36.4 Å². The highest BCUT2D eigenvalue weighted by Crippen LogP contribution is 2.34. The van der Waals surface area contributed by atoms with Crippen LogP contribution in [0, 0.1) is 0 Å². The summed E-state index contributed by atoms with van der Waals surface area (Å²) >= 11 is 5.37. The van der Waals surface area contributed by atoms with Crippen molar-refractivity contribution in [2.75, 3.05) is 11.9 Å². The van der Waals surface area contributed by atoms with E-state index in [4.69, 9.17) is 0 Å². The molecule has 4 heteroatoms. The van der Waals surface area contributed by atoms with E-state index in [2.05, 4.69) is 58.4 Å². The van der Waals surface area contributed by atoms with Gasteiger partial charge in [-0.25, -0.2) is 0 Å². The van der Waals surface area contributed by atoms with Crippen molar-refractivity contribution < 1.29 is 5.11 Å². The number of nitrogens with zero attached hydrogens (tertiary/aromatic N) is 1. The average molecular weight is 340 g/mol. The second-order valence-electron chi connectivity index (χ2n) is 4.69. The summed E-state index contributed by atoms with van der Waals surface area (Å²) in [5.74, 6) is 0. The average Bonchev–Trinajstić information content (AvgIpc) is 2.90. The maximum atomic E-state index is 9.60. The van der Waals surface area contributed by atoms with Gasteiger partial charge in [0.25, 0.3) is 0 Å². The number of benzene rings is 1. The zero-order chi connectivity index (χ0) is 14.0. The van der Waals surface area contributed by atoms with E-state index in [1.165, 1.54) is 4.88 Å². The Morgan fingerprint density at radius 1 is 1.26 bits per heavy atom. The number of rotatable bonds is 4. The topological polar surface area (TPSA) is 23.5 Å². The molecule has 0 radical (unpaired) electrons. The summed E-state index contributed by atoms with van der Waals surface area (Å²) in [6.45, 7) is 3.97. The Balaban J connectivity index is 2.26. The van der Waals surface area contributed by atoms with E-state index >= 15 is 0 Å². The Kier molecular flexibility index (Phi) is 4.66. The molecule has 0 saturated heterocycles. The number of thiophene rings is 1. The van der Waals surface area contributed by atoms with Crippen LogP contribution in [-0.4, -0.2) is 12.2 Å². The quantitative estimate of drug-likeness (QED) is 0.867. The highest BCUT2D eigenvalue weighted by Gasteiger charge is 2.16. The molecule has 0 spiro atoms. The van der Waals surface area contributed by atoms with Crippen LogP contribution in [0.3, 0.4) is 0 Å². The lowest BCUT2D eigenvalue weighted by Crippen LogP contribution is -2.21. The van der Waals surface area contributed by atoms with E-state index in [0.717, 1.165) is 15.7 Å². The molecule has 2 aromatic rings. The molecule has 1 unspecified atom stereocenters. The van der Waals surface area contributed by atoms with Crippen LogP contribution in [-0.2, 0) is 0 Å². The normalized spacial score (nSPS) is 14.2. The molecule has 1 N–H and O–H groups in total. The molecule has 0 aliphatic heterocycles. The van der Waals surface area contributed by atoms with Gasteiger partial charge in [-0.1, -0.05) is 12.1 Å². The van der Waals surface area contributed by atoms with Gasteiger partial charge in [-0.2, -0.15) is 0 Å². The van der Waals surface area contributed by atoms with Gasteiger partial charge >= 0.3 is 0 Å². The molecule has 0 aliphatic rings. The molecule has 2 nitrogen and oxygen atoms in total. The summed E-state index contributed by atoms with van der Waals surface area (Å²) in [6, 6.07) is 10.6. The highest BCUT2D eigenvalue weighted by molar-refractivity contribution is 9.10. The largest absolute Gasteiger partial charge is 0.389 e. The molecule has 2 atom stereocenters. The molecule has 102 valence electrons. The van der Waals surface area contributed by atoms with Crippen molar-refractivity contribution in [3.8, 4) is 0 Å². The molecule has 0 saturated carbocycles. The zero-order valence-electron chi connectivity index (χ0n) is 11.3. The molecule has 0 bridgehead atoms. The third-order valence-electron chi connectivity index (χ3n) is 3.37. The maximum Gasteiger partial charge on any atom is 0.0762 e. The number of halogens is 1. The summed E-state index contributed by atoms with van der Waals surface area (Å²) in [7, 11) is 2.09. The number of anilines is 1. The second kappa shape index (κ2) is 6.07. The summed E-state index contributed by atoms with van der Waals surface area (Å²) in [5, 5.41) is 11.7. The number of aliphatic hydroxyl groups excluding tert-OH is 1. The second-order valence-corrected chi connectivity index (χ2v) is 6.52. The van der Waals surface area contributed by atoms with Gasteiger partial charge in [0.2, 0.25) is 0 Å². The highest BCUT2D eigenvalue weighted by atomic mass is 79.9. The van der Waals surface area contributed by atoms with E-state index in [1.807, 2.05) is 12.1 Å². The van der Waals surface area contributed by atoms with Gasteiger partial charge in [-0.15, -0.1) is 11.3 Å². The van der Waals surface area contributed by atoms with Crippen molar-refractivity contribution in [1.82, 2.24) is 0 Å². The van der Waals surface area contributed by atoms with Crippen molar-refractivity contribution in [1.29, 1.82) is 0 Å². The van der Waals surface area contributed by atoms with Crippen LogP contribution < -0.4 is 4.90 Å². The first-order valence-corrected chi connectivity index (χ1v) is 7.91. The molecule has 2 rings (SSSR count). The Hall–Kier alpha value is -0.840. The predicted octanol–water partition coefficient (Wildman–Crippen LogP) is 4.76. The lowest BCUT2D eigenvalue weighted by Gasteiger charge is -2.27. The lowest BCUT2D eigenvalue weighted by molar-refractivity contribution is 0.199. The van der Waals surface area contributed by atoms with Gasteiger partial charge < -0.3 is 10.0 Å². The first-order chi connectivity index (χ1) is 9.00. The molecule has 0 fully saturated rings. The zero-order valence-corrected chi connectivity index (χ0v) is 13.7. The Bertz CT molecular complexity index is 539. The van der Waals surface area contributed by atoms with Crippen LogP contribution in [0.25, 0.3) is 0 Å². The summed E-state index contributed by atoms with van der Waals surface area (Å²) in [5.41, 5.74) is 2.05. The summed E-state index contributed by atoms with van der Waals surface area (Å²) in [4.78, 5) is 3.58. The fraction of sp³-hybridized carbons (Fsp3) is 0.333. The monoisotopic (exact) mass is 339 g/mol. The number of hydrogen-bond donors (Lipinski definition) is 1. The fourth-order valence-electron chi connectivity index (χ4n) is 2.00.